The molecule has 0 radical (unpaired) electrons. The van der Waals surface area contributed by atoms with Crippen LogP contribution in [0.15, 0.2) is 18.2 Å². The number of carbonyl (C=O) groups excluding carboxylic acids is 1. The standard InChI is InChI=1S/C14H19FN2O/c1-14(2,3)12(16)13(18)17-7-9-4-5-11(15)6-10(9)8-17/h4-6,12H,7-8,16H2,1-3H3/t12-/m1/s1. The van der Waals surface area contributed by atoms with Gasteiger partial charge < -0.3 is 10.6 Å². The lowest BCUT2D eigenvalue weighted by Crippen LogP contribution is -2.48. The second kappa shape index (κ2) is 4.35. The molecule has 18 heavy (non-hydrogen) atoms. The Morgan fingerprint density at radius 3 is 2.56 bits per heavy atom. The van der Waals surface area contributed by atoms with Crippen molar-refractivity contribution in [1.82, 2.24) is 4.90 Å². The van der Waals surface area contributed by atoms with Crippen molar-refractivity contribution in [2.24, 2.45) is 11.1 Å². The number of hydrogen-bond acceptors (Lipinski definition) is 2. The maximum Gasteiger partial charge on any atom is 0.240 e. The summed E-state index contributed by atoms with van der Waals surface area (Å²) in [4.78, 5) is 13.9. The lowest BCUT2D eigenvalue weighted by molar-refractivity contribution is -0.135. The third kappa shape index (κ3) is 2.38. The van der Waals surface area contributed by atoms with Crippen LogP contribution in [0.2, 0.25) is 0 Å². The Kier molecular flexibility index (Phi) is 3.15. The lowest BCUT2D eigenvalue weighted by Gasteiger charge is -2.29. The summed E-state index contributed by atoms with van der Waals surface area (Å²) in [5.41, 5.74) is 7.59. The van der Waals surface area contributed by atoms with Crippen LogP contribution in [0.25, 0.3) is 0 Å². The van der Waals surface area contributed by atoms with E-state index in [2.05, 4.69) is 0 Å². The number of hydrogen-bond donors (Lipinski definition) is 1. The molecule has 1 atom stereocenters. The van der Waals surface area contributed by atoms with Crippen LogP contribution in [0.1, 0.15) is 31.9 Å². The third-order valence-electron chi connectivity index (χ3n) is 3.40. The largest absolute Gasteiger partial charge is 0.333 e. The first kappa shape index (κ1) is 13.0. The minimum absolute atomic E-state index is 0.0703. The number of nitrogens with zero attached hydrogens (tertiary/aromatic N) is 1. The molecule has 0 saturated carbocycles. The van der Waals surface area contributed by atoms with Crippen LogP contribution in [0.5, 0.6) is 0 Å². The summed E-state index contributed by atoms with van der Waals surface area (Å²) < 4.78 is 13.1. The number of amides is 1. The number of benzene rings is 1. The number of rotatable bonds is 1. The van der Waals surface area contributed by atoms with Crippen LogP contribution >= 0.6 is 0 Å². The van der Waals surface area contributed by atoms with Crippen molar-refractivity contribution in [3.8, 4) is 0 Å². The summed E-state index contributed by atoms with van der Waals surface area (Å²) >= 11 is 0. The zero-order chi connectivity index (χ0) is 13.5. The summed E-state index contributed by atoms with van der Waals surface area (Å²) in [5.74, 6) is -0.331. The van der Waals surface area contributed by atoms with Crippen LogP contribution in [-0.4, -0.2) is 16.8 Å². The molecule has 0 spiro atoms. The van der Waals surface area contributed by atoms with Gasteiger partial charge in [-0.1, -0.05) is 26.8 Å². The minimum atomic E-state index is -0.531. The SMILES string of the molecule is CC(C)(C)[C@H](N)C(=O)N1Cc2ccc(F)cc2C1. The molecule has 2 rings (SSSR count). The van der Waals surface area contributed by atoms with Crippen molar-refractivity contribution >= 4 is 5.91 Å². The summed E-state index contributed by atoms with van der Waals surface area (Å²) in [7, 11) is 0. The molecular weight excluding hydrogens is 231 g/mol. The van der Waals surface area contributed by atoms with Crippen LogP contribution in [0.4, 0.5) is 4.39 Å². The molecule has 1 aromatic rings. The van der Waals surface area contributed by atoms with Gasteiger partial charge in [-0.3, -0.25) is 4.79 Å². The van der Waals surface area contributed by atoms with Gasteiger partial charge in [-0.15, -0.1) is 0 Å². The van der Waals surface area contributed by atoms with Gasteiger partial charge in [0.25, 0.3) is 0 Å². The van der Waals surface area contributed by atoms with E-state index in [1.807, 2.05) is 20.8 Å². The van der Waals surface area contributed by atoms with Crippen molar-refractivity contribution in [2.75, 3.05) is 0 Å². The van der Waals surface area contributed by atoms with Crippen LogP contribution in [0.3, 0.4) is 0 Å². The van der Waals surface area contributed by atoms with E-state index in [4.69, 9.17) is 5.73 Å². The van der Waals surface area contributed by atoms with Gasteiger partial charge in [0, 0.05) is 13.1 Å². The Labute approximate surface area is 107 Å². The molecule has 1 aliphatic heterocycles. The highest BCUT2D eigenvalue weighted by Gasteiger charge is 2.33. The first-order valence-corrected chi connectivity index (χ1v) is 6.10. The Hall–Kier alpha value is -1.42. The third-order valence-corrected chi connectivity index (χ3v) is 3.40. The highest BCUT2D eigenvalue weighted by Crippen LogP contribution is 2.26. The van der Waals surface area contributed by atoms with E-state index in [1.54, 1.807) is 11.0 Å². The molecular formula is C14H19FN2O. The Balaban J connectivity index is 2.14. The van der Waals surface area contributed by atoms with Gasteiger partial charge in [-0.05, 0) is 28.7 Å². The van der Waals surface area contributed by atoms with Crippen molar-refractivity contribution in [2.45, 2.75) is 39.9 Å². The highest BCUT2D eigenvalue weighted by molar-refractivity contribution is 5.83. The number of halogens is 1. The first-order chi connectivity index (χ1) is 8.29. The van der Waals surface area contributed by atoms with Gasteiger partial charge in [0.05, 0.1) is 6.04 Å². The summed E-state index contributed by atoms with van der Waals surface area (Å²) in [5, 5.41) is 0. The number of carbonyl (C=O) groups is 1. The molecule has 0 fully saturated rings. The summed E-state index contributed by atoms with van der Waals surface area (Å²) in [6.07, 6.45) is 0. The van der Waals surface area contributed by atoms with Gasteiger partial charge in [-0.25, -0.2) is 4.39 Å². The van der Waals surface area contributed by atoms with Gasteiger partial charge in [-0.2, -0.15) is 0 Å². The quantitative estimate of drug-likeness (QED) is 0.829. The normalized spacial score (nSPS) is 16.6. The van der Waals surface area contributed by atoms with Gasteiger partial charge >= 0.3 is 0 Å². The Morgan fingerprint density at radius 2 is 1.94 bits per heavy atom. The molecule has 1 amide bonds. The van der Waals surface area contributed by atoms with E-state index in [9.17, 15) is 9.18 Å². The van der Waals surface area contributed by atoms with Crippen LogP contribution in [-0.2, 0) is 17.9 Å². The van der Waals surface area contributed by atoms with Gasteiger partial charge in [0.1, 0.15) is 5.82 Å². The maximum atomic E-state index is 13.1. The van der Waals surface area contributed by atoms with E-state index >= 15 is 0 Å². The van der Waals surface area contributed by atoms with E-state index < -0.39 is 6.04 Å². The van der Waals surface area contributed by atoms with Crippen molar-refractivity contribution in [3.05, 3.63) is 35.1 Å². The van der Waals surface area contributed by atoms with Crippen molar-refractivity contribution in [1.29, 1.82) is 0 Å². The topological polar surface area (TPSA) is 46.3 Å². The molecule has 4 heteroatoms. The average molecular weight is 250 g/mol. The highest BCUT2D eigenvalue weighted by atomic mass is 19.1. The summed E-state index contributed by atoms with van der Waals surface area (Å²) in [6.45, 7) is 6.81. The first-order valence-electron chi connectivity index (χ1n) is 6.10. The molecule has 1 heterocycles. The second-order valence-electron chi connectivity index (χ2n) is 5.95. The van der Waals surface area contributed by atoms with E-state index in [0.717, 1.165) is 11.1 Å². The molecule has 0 aliphatic carbocycles. The molecule has 0 unspecified atom stereocenters. The molecule has 1 aromatic carbocycles. The Morgan fingerprint density at radius 1 is 1.33 bits per heavy atom. The Bertz CT molecular complexity index is 479. The van der Waals surface area contributed by atoms with Crippen molar-refractivity contribution < 1.29 is 9.18 Å². The van der Waals surface area contributed by atoms with Crippen LogP contribution < -0.4 is 5.73 Å². The molecule has 2 N–H and O–H groups in total. The number of nitrogens with two attached hydrogens (primary N) is 1. The lowest BCUT2D eigenvalue weighted by atomic mass is 9.86. The molecule has 0 saturated heterocycles. The monoisotopic (exact) mass is 250 g/mol. The fourth-order valence-electron chi connectivity index (χ4n) is 2.09. The zero-order valence-electron chi connectivity index (χ0n) is 11.0. The minimum Gasteiger partial charge on any atom is -0.333 e. The van der Waals surface area contributed by atoms with E-state index in [1.165, 1.54) is 12.1 Å². The number of fused-ring (bicyclic) bond motifs is 1. The molecule has 3 nitrogen and oxygen atoms in total. The maximum absolute atomic E-state index is 13.1. The molecule has 0 aromatic heterocycles. The molecule has 0 bridgehead atoms. The average Bonchev–Trinajstić information content (AvgIpc) is 2.68. The van der Waals surface area contributed by atoms with Gasteiger partial charge in [0.15, 0.2) is 0 Å². The molecule has 98 valence electrons. The fraction of sp³-hybridized carbons (Fsp3) is 0.500. The van der Waals surface area contributed by atoms with Crippen molar-refractivity contribution in [3.63, 3.8) is 0 Å². The fourth-order valence-corrected chi connectivity index (χ4v) is 2.09. The molecule has 1 aliphatic rings. The van der Waals surface area contributed by atoms with E-state index in [0.29, 0.717) is 13.1 Å². The zero-order valence-corrected chi connectivity index (χ0v) is 11.0. The van der Waals surface area contributed by atoms with Crippen LogP contribution in [0, 0.1) is 11.2 Å². The van der Waals surface area contributed by atoms with Gasteiger partial charge in [0.2, 0.25) is 5.91 Å². The smallest absolute Gasteiger partial charge is 0.240 e. The van der Waals surface area contributed by atoms with E-state index in [-0.39, 0.29) is 17.1 Å². The predicted molar refractivity (Wildman–Crippen MR) is 68.1 cm³/mol. The summed E-state index contributed by atoms with van der Waals surface area (Å²) in [6, 6.07) is 4.12. The second-order valence-corrected chi connectivity index (χ2v) is 5.95. The predicted octanol–water partition coefficient (Wildman–Crippen LogP) is 2.04.